The lowest BCUT2D eigenvalue weighted by Crippen LogP contribution is -2.43. The molecule has 0 radical (unpaired) electrons. The zero-order chi connectivity index (χ0) is 15.9. The van der Waals surface area contributed by atoms with Crippen LogP contribution in [0.1, 0.15) is 40.9 Å². The molecule has 1 heterocycles. The zero-order valence-corrected chi connectivity index (χ0v) is 14.5. The standard InChI is InChI=1S/C16H17BrN2O2S/c1-2-6-12(11-7-4-3-5-8-11)15(20)18-19-16(21)13-9-10-14(17)22-13/h3-5,7-10,12H,2,6H2,1H3,(H,18,20)(H,19,21)/t12-/m1/s1. The normalized spacial score (nSPS) is 11.7. The van der Waals surface area contributed by atoms with Crippen molar-refractivity contribution in [3.63, 3.8) is 0 Å². The van der Waals surface area contributed by atoms with Crippen LogP contribution in [0.25, 0.3) is 0 Å². The fraction of sp³-hybridized carbons (Fsp3) is 0.250. The van der Waals surface area contributed by atoms with Crippen LogP contribution >= 0.6 is 27.3 Å². The molecular weight excluding hydrogens is 364 g/mol. The first-order valence-electron chi connectivity index (χ1n) is 7.02. The van der Waals surface area contributed by atoms with Gasteiger partial charge in [-0.2, -0.15) is 0 Å². The molecule has 2 N–H and O–H groups in total. The van der Waals surface area contributed by atoms with Crippen molar-refractivity contribution in [3.05, 3.63) is 56.7 Å². The van der Waals surface area contributed by atoms with Crippen molar-refractivity contribution >= 4 is 39.1 Å². The van der Waals surface area contributed by atoms with Crippen molar-refractivity contribution in [3.8, 4) is 0 Å². The second kappa shape index (κ2) is 8.10. The highest BCUT2D eigenvalue weighted by atomic mass is 79.9. The fourth-order valence-corrected chi connectivity index (χ4v) is 3.41. The van der Waals surface area contributed by atoms with E-state index in [9.17, 15) is 9.59 Å². The Hall–Kier alpha value is -1.66. The van der Waals surface area contributed by atoms with E-state index >= 15 is 0 Å². The molecule has 0 bridgehead atoms. The van der Waals surface area contributed by atoms with E-state index < -0.39 is 0 Å². The van der Waals surface area contributed by atoms with E-state index in [2.05, 4.69) is 26.8 Å². The lowest BCUT2D eigenvalue weighted by atomic mass is 9.94. The van der Waals surface area contributed by atoms with E-state index in [0.717, 1.165) is 22.2 Å². The van der Waals surface area contributed by atoms with Crippen LogP contribution in [-0.4, -0.2) is 11.8 Å². The number of halogens is 1. The summed E-state index contributed by atoms with van der Waals surface area (Å²) in [5, 5.41) is 0. The largest absolute Gasteiger partial charge is 0.279 e. The molecule has 0 unspecified atom stereocenters. The van der Waals surface area contributed by atoms with Gasteiger partial charge >= 0.3 is 0 Å². The van der Waals surface area contributed by atoms with Crippen LogP contribution in [0.3, 0.4) is 0 Å². The quantitative estimate of drug-likeness (QED) is 0.773. The van der Waals surface area contributed by atoms with E-state index in [-0.39, 0.29) is 17.7 Å². The van der Waals surface area contributed by atoms with Crippen molar-refractivity contribution in [1.29, 1.82) is 0 Å². The number of carbonyl (C=O) groups is 2. The third-order valence-corrected chi connectivity index (χ3v) is 4.81. The third-order valence-electron chi connectivity index (χ3n) is 3.19. The molecular formula is C16H17BrN2O2S. The predicted octanol–water partition coefficient (Wildman–Crippen LogP) is 3.86. The van der Waals surface area contributed by atoms with E-state index in [1.165, 1.54) is 11.3 Å². The maximum Gasteiger partial charge on any atom is 0.279 e. The highest BCUT2D eigenvalue weighted by molar-refractivity contribution is 9.11. The summed E-state index contributed by atoms with van der Waals surface area (Å²) in [6.45, 7) is 2.03. The average Bonchev–Trinajstić information content (AvgIpc) is 2.97. The SMILES string of the molecule is CCC[C@@H](C(=O)NNC(=O)c1ccc(Br)s1)c1ccccc1. The molecule has 6 heteroatoms. The first kappa shape index (κ1) is 16.7. The van der Waals surface area contributed by atoms with Crippen LogP contribution in [0.5, 0.6) is 0 Å². The van der Waals surface area contributed by atoms with Crippen LogP contribution in [0.4, 0.5) is 0 Å². The van der Waals surface area contributed by atoms with Gasteiger partial charge in [0.05, 0.1) is 14.6 Å². The molecule has 0 saturated carbocycles. The number of hydrogen-bond acceptors (Lipinski definition) is 3. The smallest absolute Gasteiger partial charge is 0.273 e. The number of thiophene rings is 1. The maximum absolute atomic E-state index is 12.3. The van der Waals surface area contributed by atoms with Gasteiger partial charge in [0.2, 0.25) is 5.91 Å². The van der Waals surface area contributed by atoms with Crippen molar-refractivity contribution in [2.75, 3.05) is 0 Å². The number of hydrogen-bond donors (Lipinski definition) is 2. The molecule has 2 amide bonds. The summed E-state index contributed by atoms with van der Waals surface area (Å²) in [7, 11) is 0. The van der Waals surface area contributed by atoms with Gasteiger partial charge in [-0.15, -0.1) is 11.3 Å². The zero-order valence-electron chi connectivity index (χ0n) is 12.1. The molecule has 0 fully saturated rings. The first-order chi connectivity index (χ1) is 10.6. The highest BCUT2D eigenvalue weighted by Gasteiger charge is 2.20. The van der Waals surface area contributed by atoms with Gasteiger partial charge in [-0.25, -0.2) is 0 Å². The molecule has 0 aliphatic rings. The summed E-state index contributed by atoms with van der Waals surface area (Å²) in [4.78, 5) is 24.8. The number of amides is 2. The predicted molar refractivity (Wildman–Crippen MR) is 91.7 cm³/mol. The molecule has 0 aliphatic heterocycles. The van der Waals surface area contributed by atoms with Crippen LogP contribution < -0.4 is 10.9 Å². The molecule has 2 aromatic rings. The molecule has 116 valence electrons. The lowest BCUT2D eigenvalue weighted by molar-refractivity contribution is -0.123. The molecule has 2 rings (SSSR count). The van der Waals surface area contributed by atoms with Crippen molar-refractivity contribution in [2.45, 2.75) is 25.7 Å². The Morgan fingerprint density at radius 2 is 1.86 bits per heavy atom. The van der Waals surface area contributed by atoms with Gasteiger partial charge in [0.1, 0.15) is 0 Å². The number of nitrogens with one attached hydrogen (secondary N) is 2. The third kappa shape index (κ3) is 4.42. The molecule has 1 atom stereocenters. The van der Waals surface area contributed by atoms with Gasteiger partial charge in [0.25, 0.3) is 5.91 Å². The minimum absolute atomic E-state index is 0.197. The van der Waals surface area contributed by atoms with Gasteiger partial charge in [-0.05, 0) is 40.0 Å². The Kier molecular flexibility index (Phi) is 6.15. The summed E-state index contributed by atoms with van der Waals surface area (Å²) in [6.07, 6.45) is 1.62. The van der Waals surface area contributed by atoms with Gasteiger partial charge < -0.3 is 0 Å². The molecule has 0 aliphatic carbocycles. The summed E-state index contributed by atoms with van der Waals surface area (Å²) in [5.74, 6) is -0.772. The van der Waals surface area contributed by atoms with Crippen molar-refractivity contribution < 1.29 is 9.59 Å². The number of rotatable bonds is 5. The summed E-state index contributed by atoms with van der Waals surface area (Å²) < 4.78 is 0.872. The van der Waals surface area contributed by atoms with Crippen LogP contribution in [0.15, 0.2) is 46.3 Å². The van der Waals surface area contributed by atoms with Crippen LogP contribution in [0.2, 0.25) is 0 Å². The number of benzene rings is 1. The van der Waals surface area contributed by atoms with Gasteiger partial charge in [-0.3, -0.25) is 20.4 Å². The van der Waals surface area contributed by atoms with Crippen LogP contribution in [-0.2, 0) is 4.79 Å². The van der Waals surface area contributed by atoms with E-state index in [0.29, 0.717) is 4.88 Å². The Balaban J connectivity index is 1.98. The average molecular weight is 381 g/mol. The molecule has 0 spiro atoms. The minimum Gasteiger partial charge on any atom is -0.273 e. The first-order valence-corrected chi connectivity index (χ1v) is 8.63. The summed E-state index contributed by atoms with van der Waals surface area (Å²) in [5.41, 5.74) is 5.95. The van der Waals surface area contributed by atoms with E-state index in [1.807, 2.05) is 37.3 Å². The minimum atomic E-state index is -0.313. The topological polar surface area (TPSA) is 58.2 Å². The van der Waals surface area contributed by atoms with E-state index in [1.54, 1.807) is 12.1 Å². The van der Waals surface area contributed by atoms with Gasteiger partial charge in [0, 0.05) is 0 Å². The highest BCUT2D eigenvalue weighted by Crippen LogP contribution is 2.22. The Bertz CT molecular complexity index is 643. The Morgan fingerprint density at radius 1 is 1.14 bits per heavy atom. The summed E-state index contributed by atoms with van der Waals surface area (Å²) >= 11 is 4.62. The molecule has 22 heavy (non-hydrogen) atoms. The monoisotopic (exact) mass is 380 g/mol. The lowest BCUT2D eigenvalue weighted by Gasteiger charge is -2.16. The van der Waals surface area contributed by atoms with E-state index in [4.69, 9.17) is 0 Å². The van der Waals surface area contributed by atoms with Crippen molar-refractivity contribution in [2.24, 2.45) is 0 Å². The fourth-order valence-electron chi connectivity index (χ4n) is 2.13. The molecule has 4 nitrogen and oxygen atoms in total. The van der Waals surface area contributed by atoms with Crippen LogP contribution in [0, 0.1) is 0 Å². The molecule has 1 aromatic carbocycles. The van der Waals surface area contributed by atoms with Crippen molar-refractivity contribution in [1.82, 2.24) is 10.9 Å². The number of hydrazine groups is 1. The summed E-state index contributed by atoms with van der Waals surface area (Å²) in [6, 6.07) is 13.1. The van der Waals surface area contributed by atoms with Gasteiger partial charge in [-0.1, -0.05) is 43.7 Å². The Labute approximate surface area is 142 Å². The maximum atomic E-state index is 12.3. The second-order valence-electron chi connectivity index (χ2n) is 4.80. The molecule has 0 saturated heterocycles. The van der Waals surface area contributed by atoms with Gasteiger partial charge in [0.15, 0.2) is 0 Å². The second-order valence-corrected chi connectivity index (χ2v) is 7.26. The molecule has 1 aromatic heterocycles. The number of carbonyl (C=O) groups excluding carboxylic acids is 2. The Morgan fingerprint density at radius 3 is 2.45 bits per heavy atom.